The third-order valence-electron chi connectivity index (χ3n) is 7.23. The van der Waals surface area contributed by atoms with Crippen molar-refractivity contribution in [3.63, 3.8) is 0 Å². The van der Waals surface area contributed by atoms with Gasteiger partial charge in [-0.2, -0.15) is 0 Å². The zero-order chi connectivity index (χ0) is 18.3. The third-order valence-corrected chi connectivity index (χ3v) is 7.23. The van der Waals surface area contributed by atoms with Gasteiger partial charge in [0.2, 0.25) is 0 Å². The molecule has 0 spiro atoms. The first-order chi connectivity index (χ1) is 10.2. The lowest BCUT2D eigenvalue weighted by molar-refractivity contribution is -0.225. The summed E-state index contributed by atoms with van der Waals surface area (Å²) in [5, 5.41) is 21.9. The first-order valence-electron chi connectivity index (χ1n) is 9.48. The monoisotopic (exact) mass is 326 g/mol. The molecule has 0 aromatic heterocycles. The third kappa shape index (κ3) is 3.49. The van der Waals surface area contributed by atoms with Crippen molar-refractivity contribution in [2.45, 2.75) is 101 Å². The first-order valence-corrected chi connectivity index (χ1v) is 9.48. The van der Waals surface area contributed by atoms with Crippen LogP contribution < -0.4 is 0 Å². The maximum atomic E-state index is 11.7. The number of aliphatic hydroxyl groups is 2. The number of hydrogen-bond donors (Lipinski definition) is 2. The minimum Gasteiger partial charge on any atom is -0.396 e. The lowest BCUT2D eigenvalue weighted by Gasteiger charge is -2.65. The van der Waals surface area contributed by atoms with Crippen molar-refractivity contribution in [1.29, 1.82) is 0 Å². The fourth-order valence-corrected chi connectivity index (χ4v) is 5.07. The molecule has 2 nitrogen and oxygen atoms in total. The van der Waals surface area contributed by atoms with Crippen LogP contribution in [0.2, 0.25) is 0 Å². The number of hydrogen-bond acceptors (Lipinski definition) is 2. The van der Waals surface area contributed by atoms with E-state index in [1.807, 2.05) is 0 Å². The van der Waals surface area contributed by atoms with Gasteiger partial charge in [-0.1, -0.05) is 75.2 Å². The fraction of sp³-hybridized carbons (Fsp3) is 1.00. The van der Waals surface area contributed by atoms with Gasteiger partial charge in [0.05, 0.1) is 6.10 Å². The predicted molar refractivity (Wildman–Crippen MR) is 99.4 cm³/mol. The Morgan fingerprint density at radius 2 is 1.48 bits per heavy atom. The molecule has 0 bridgehead atoms. The molecule has 4 atom stereocenters. The lowest BCUT2D eigenvalue weighted by Crippen LogP contribution is -2.63. The van der Waals surface area contributed by atoms with Crippen LogP contribution in [0.25, 0.3) is 0 Å². The SMILES string of the molecule is CCCCC1(C(C)(C)C)CC(C)(CO)CC(C)(C(C)(C)C)C1O. The van der Waals surface area contributed by atoms with E-state index >= 15 is 0 Å². The quantitative estimate of drug-likeness (QED) is 0.724. The smallest absolute Gasteiger partial charge is 0.0660 e. The van der Waals surface area contributed by atoms with Gasteiger partial charge in [0.15, 0.2) is 0 Å². The molecule has 0 aliphatic heterocycles. The predicted octanol–water partition coefficient (Wildman–Crippen LogP) is 5.41. The molecule has 0 amide bonds. The Morgan fingerprint density at radius 3 is 1.83 bits per heavy atom. The molecule has 1 saturated carbocycles. The molecular weight excluding hydrogens is 284 g/mol. The molecule has 1 aliphatic rings. The molecular formula is C21H42O2. The Morgan fingerprint density at radius 1 is 0.957 bits per heavy atom. The zero-order valence-corrected chi connectivity index (χ0v) is 17.2. The van der Waals surface area contributed by atoms with Crippen molar-refractivity contribution in [3.05, 3.63) is 0 Å². The van der Waals surface area contributed by atoms with Gasteiger partial charge in [-0.25, -0.2) is 0 Å². The number of unbranched alkanes of at least 4 members (excludes halogenated alkanes) is 1. The Bertz CT molecular complexity index is 403. The van der Waals surface area contributed by atoms with E-state index in [9.17, 15) is 10.2 Å². The van der Waals surface area contributed by atoms with Crippen molar-refractivity contribution in [3.8, 4) is 0 Å². The standard InChI is InChI=1S/C21H42O2/c1-10-11-12-21(18(5,6)7)14-19(8,15-22)13-20(9,16(21)23)17(2,3)4/h16,22-23H,10-15H2,1-9H3. The Balaban J connectivity index is 3.53. The fourth-order valence-electron chi connectivity index (χ4n) is 5.07. The topological polar surface area (TPSA) is 40.5 Å². The van der Waals surface area contributed by atoms with Gasteiger partial charge in [0, 0.05) is 12.0 Å². The summed E-state index contributed by atoms with van der Waals surface area (Å²) in [5.41, 5.74) is -0.482. The van der Waals surface area contributed by atoms with Crippen molar-refractivity contribution < 1.29 is 10.2 Å². The number of rotatable bonds is 4. The largest absolute Gasteiger partial charge is 0.396 e. The van der Waals surface area contributed by atoms with Crippen LogP contribution in [0.4, 0.5) is 0 Å². The summed E-state index contributed by atoms with van der Waals surface area (Å²) in [6.45, 7) is 20.4. The van der Waals surface area contributed by atoms with Crippen LogP contribution in [0.5, 0.6) is 0 Å². The second-order valence-corrected chi connectivity index (χ2v) is 10.9. The van der Waals surface area contributed by atoms with E-state index in [0.29, 0.717) is 0 Å². The second-order valence-electron chi connectivity index (χ2n) is 10.9. The zero-order valence-electron chi connectivity index (χ0n) is 17.2. The summed E-state index contributed by atoms with van der Waals surface area (Å²) in [6.07, 6.45) is 4.76. The molecule has 1 aliphatic carbocycles. The van der Waals surface area contributed by atoms with Crippen LogP contribution in [0.1, 0.15) is 94.4 Å². The van der Waals surface area contributed by atoms with E-state index in [1.54, 1.807) is 0 Å². The average Bonchev–Trinajstić information content (AvgIpc) is 2.39. The van der Waals surface area contributed by atoms with Crippen LogP contribution in [-0.2, 0) is 0 Å². The molecule has 0 radical (unpaired) electrons. The van der Waals surface area contributed by atoms with Crippen LogP contribution in [-0.4, -0.2) is 22.9 Å². The Kier molecular flexibility index (Phi) is 5.77. The van der Waals surface area contributed by atoms with Crippen LogP contribution >= 0.6 is 0 Å². The lowest BCUT2D eigenvalue weighted by atomic mass is 9.41. The van der Waals surface area contributed by atoms with Crippen molar-refractivity contribution in [2.24, 2.45) is 27.1 Å². The van der Waals surface area contributed by atoms with Gasteiger partial charge in [-0.3, -0.25) is 0 Å². The molecule has 2 heteroatoms. The normalized spacial score (nSPS) is 39.5. The van der Waals surface area contributed by atoms with E-state index in [1.165, 1.54) is 0 Å². The summed E-state index contributed by atoms with van der Waals surface area (Å²) in [6, 6.07) is 0. The molecule has 0 heterocycles. The first kappa shape index (κ1) is 21.0. The van der Waals surface area contributed by atoms with Gasteiger partial charge < -0.3 is 10.2 Å². The maximum Gasteiger partial charge on any atom is 0.0660 e. The molecule has 138 valence electrons. The van der Waals surface area contributed by atoms with E-state index in [4.69, 9.17) is 0 Å². The minimum atomic E-state index is -0.346. The van der Waals surface area contributed by atoms with Crippen molar-refractivity contribution in [1.82, 2.24) is 0 Å². The highest BCUT2D eigenvalue weighted by molar-refractivity contribution is 5.12. The minimum absolute atomic E-state index is 0.00491. The van der Waals surface area contributed by atoms with Crippen LogP contribution in [0.15, 0.2) is 0 Å². The van der Waals surface area contributed by atoms with Crippen LogP contribution in [0.3, 0.4) is 0 Å². The summed E-state index contributed by atoms with van der Waals surface area (Å²) in [7, 11) is 0. The molecule has 1 rings (SSSR count). The van der Waals surface area contributed by atoms with Gasteiger partial charge in [-0.15, -0.1) is 0 Å². The highest BCUT2D eigenvalue weighted by atomic mass is 16.3. The Hall–Kier alpha value is -0.0800. The molecule has 23 heavy (non-hydrogen) atoms. The molecule has 0 aromatic carbocycles. The summed E-state index contributed by atoms with van der Waals surface area (Å²) in [4.78, 5) is 0. The van der Waals surface area contributed by atoms with Crippen molar-refractivity contribution in [2.75, 3.05) is 6.61 Å². The molecule has 1 fully saturated rings. The summed E-state index contributed by atoms with van der Waals surface area (Å²) >= 11 is 0. The van der Waals surface area contributed by atoms with E-state index in [-0.39, 0.29) is 39.8 Å². The Labute approximate surface area is 145 Å². The van der Waals surface area contributed by atoms with Gasteiger partial charge in [-0.05, 0) is 40.9 Å². The highest BCUT2D eigenvalue weighted by Gasteiger charge is 2.63. The van der Waals surface area contributed by atoms with E-state index in [0.717, 1.165) is 32.1 Å². The van der Waals surface area contributed by atoms with Gasteiger partial charge >= 0.3 is 0 Å². The summed E-state index contributed by atoms with van der Waals surface area (Å²) in [5.74, 6) is 0. The second kappa shape index (κ2) is 6.33. The highest BCUT2D eigenvalue weighted by Crippen LogP contribution is 2.66. The average molecular weight is 327 g/mol. The number of aliphatic hydroxyl groups excluding tert-OH is 2. The molecule has 0 saturated heterocycles. The van der Waals surface area contributed by atoms with E-state index in [2.05, 4.69) is 62.3 Å². The van der Waals surface area contributed by atoms with Crippen LogP contribution in [0, 0.1) is 27.1 Å². The maximum absolute atomic E-state index is 11.7. The molecule has 4 unspecified atom stereocenters. The van der Waals surface area contributed by atoms with Gasteiger partial charge in [0.1, 0.15) is 0 Å². The van der Waals surface area contributed by atoms with E-state index < -0.39 is 0 Å². The van der Waals surface area contributed by atoms with Crippen molar-refractivity contribution >= 4 is 0 Å². The molecule has 0 aromatic rings. The van der Waals surface area contributed by atoms with Gasteiger partial charge in [0.25, 0.3) is 0 Å². The summed E-state index contributed by atoms with van der Waals surface area (Å²) < 4.78 is 0. The molecule has 2 N–H and O–H groups in total.